The zero-order chi connectivity index (χ0) is 19.3. The molecule has 0 spiro atoms. The molecule has 6 heteroatoms. The molecule has 0 amide bonds. The van der Waals surface area contributed by atoms with Gasteiger partial charge in [0.1, 0.15) is 11.6 Å². The van der Waals surface area contributed by atoms with Crippen molar-refractivity contribution in [1.82, 2.24) is 10.2 Å². The number of hydrogen-bond donors (Lipinski definition) is 1. The van der Waals surface area contributed by atoms with Crippen LogP contribution in [0.15, 0.2) is 47.5 Å². The van der Waals surface area contributed by atoms with Gasteiger partial charge >= 0.3 is 0 Å². The molecule has 5 nitrogen and oxygen atoms in total. The molecule has 148 valence electrons. The van der Waals surface area contributed by atoms with Gasteiger partial charge in [0.2, 0.25) is 0 Å². The summed E-state index contributed by atoms with van der Waals surface area (Å²) < 4.78 is 24.7. The van der Waals surface area contributed by atoms with Crippen LogP contribution in [0.5, 0.6) is 5.75 Å². The van der Waals surface area contributed by atoms with Gasteiger partial charge in [-0.1, -0.05) is 30.3 Å². The Bertz CT molecular complexity index is 841. The molecule has 1 N–H and O–H groups in total. The van der Waals surface area contributed by atoms with E-state index in [9.17, 15) is 4.39 Å². The van der Waals surface area contributed by atoms with E-state index in [0.29, 0.717) is 25.5 Å². The maximum absolute atomic E-state index is 13.9. The number of likely N-dealkylation sites (tertiary alicyclic amines) is 1. The van der Waals surface area contributed by atoms with Crippen LogP contribution in [0.25, 0.3) is 0 Å². The Kier molecular flexibility index (Phi) is 5.76. The SMILES string of the molecule is CN=C(NCCc1cc(F)cc2c1OCOC2)N1CCC(c2ccccc2)C1. The van der Waals surface area contributed by atoms with Gasteiger partial charge in [-0.2, -0.15) is 0 Å². The third-order valence-electron chi connectivity index (χ3n) is 5.40. The third kappa shape index (κ3) is 4.12. The Morgan fingerprint density at radius 2 is 2.14 bits per heavy atom. The van der Waals surface area contributed by atoms with E-state index in [1.165, 1.54) is 11.6 Å². The average molecular weight is 383 g/mol. The van der Waals surface area contributed by atoms with E-state index in [0.717, 1.165) is 42.3 Å². The number of hydrogen-bond acceptors (Lipinski definition) is 3. The highest BCUT2D eigenvalue weighted by Gasteiger charge is 2.26. The van der Waals surface area contributed by atoms with E-state index in [4.69, 9.17) is 9.47 Å². The third-order valence-corrected chi connectivity index (χ3v) is 5.40. The lowest BCUT2D eigenvalue weighted by atomic mass is 9.99. The lowest BCUT2D eigenvalue weighted by Gasteiger charge is -2.23. The second kappa shape index (κ2) is 8.61. The Balaban J connectivity index is 1.35. The van der Waals surface area contributed by atoms with Crippen molar-refractivity contribution in [3.63, 3.8) is 0 Å². The van der Waals surface area contributed by atoms with Crippen molar-refractivity contribution in [2.24, 2.45) is 4.99 Å². The number of halogens is 1. The summed E-state index contributed by atoms with van der Waals surface area (Å²) >= 11 is 0. The van der Waals surface area contributed by atoms with Crippen LogP contribution in [0.4, 0.5) is 4.39 Å². The molecule has 2 heterocycles. The number of fused-ring (bicyclic) bond motifs is 1. The van der Waals surface area contributed by atoms with Gasteiger partial charge in [0.25, 0.3) is 0 Å². The molecule has 1 unspecified atom stereocenters. The van der Waals surface area contributed by atoms with Crippen LogP contribution in [0, 0.1) is 5.82 Å². The van der Waals surface area contributed by atoms with Crippen LogP contribution in [0.2, 0.25) is 0 Å². The van der Waals surface area contributed by atoms with E-state index in [-0.39, 0.29) is 12.6 Å². The summed E-state index contributed by atoms with van der Waals surface area (Å²) in [5, 5.41) is 3.42. The number of aliphatic imine (C=N–C) groups is 1. The van der Waals surface area contributed by atoms with E-state index < -0.39 is 0 Å². The maximum Gasteiger partial charge on any atom is 0.193 e. The molecule has 28 heavy (non-hydrogen) atoms. The van der Waals surface area contributed by atoms with E-state index in [1.807, 2.05) is 7.05 Å². The van der Waals surface area contributed by atoms with E-state index >= 15 is 0 Å². The first-order valence-electron chi connectivity index (χ1n) is 9.77. The number of nitrogens with one attached hydrogen (secondary N) is 1. The van der Waals surface area contributed by atoms with Gasteiger partial charge < -0.3 is 19.7 Å². The molecule has 2 aromatic rings. The standard InChI is InChI=1S/C22H26FN3O2/c1-24-22(26-10-8-18(13-26)16-5-3-2-4-6-16)25-9-7-17-11-20(23)12-19-14-27-15-28-21(17)19/h2-6,11-12,18H,7-10,13-15H2,1H3,(H,24,25). The molecule has 2 aromatic carbocycles. The monoisotopic (exact) mass is 383 g/mol. The lowest BCUT2D eigenvalue weighted by molar-refractivity contribution is -0.0172. The number of nitrogens with zero attached hydrogens (tertiary/aromatic N) is 2. The Morgan fingerprint density at radius 1 is 1.29 bits per heavy atom. The predicted molar refractivity (Wildman–Crippen MR) is 107 cm³/mol. The highest BCUT2D eigenvalue weighted by atomic mass is 19.1. The number of rotatable bonds is 4. The van der Waals surface area contributed by atoms with Gasteiger partial charge in [-0.25, -0.2) is 4.39 Å². The van der Waals surface area contributed by atoms with Crippen molar-refractivity contribution < 1.29 is 13.9 Å². The molecular formula is C22H26FN3O2. The second-order valence-electron chi connectivity index (χ2n) is 7.23. The first-order chi connectivity index (χ1) is 13.7. The highest BCUT2D eigenvalue weighted by Crippen LogP contribution is 2.30. The molecule has 0 aromatic heterocycles. The van der Waals surface area contributed by atoms with Gasteiger partial charge in [-0.05, 0) is 36.1 Å². The normalized spacial score (nSPS) is 19.3. The summed E-state index contributed by atoms with van der Waals surface area (Å²) in [6.45, 7) is 3.22. The number of benzene rings is 2. The highest BCUT2D eigenvalue weighted by molar-refractivity contribution is 5.80. The van der Waals surface area contributed by atoms with Gasteiger partial charge in [-0.15, -0.1) is 0 Å². The molecule has 1 atom stereocenters. The van der Waals surface area contributed by atoms with Crippen LogP contribution in [-0.4, -0.2) is 44.3 Å². The molecule has 4 rings (SSSR count). The van der Waals surface area contributed by atoms with Gasteiger partial charge in [0, 0.05) is 38.2 Å². The minimum atomic E-state index is -0.252. The molecule has 0 aliphatic carbocycles. The summed E-state index contributed by atoms with van der Waals surface area (Å²) in [6, 6.07) is 13.7. The molecule has 1 fully saturated rings. The second-order valence-corrected chi connectivity index (χ2v) is 7.23. The predicted octanol–water partition coefficient (Wildman–Crippen LogP) is 3.30. The van der Waals surface area contributed by atoms with Crippen LogP contribution in [0.1, 0.15) is 29.0 Å². The fraction of sp³-hybridized carbons (Fsp3) is 0.409. The molecule has 0 saturated carbocycles. The van der Waals surface area contributed by atoms with Crippen molar-refractivity contribution in [3.8, 4) is 5.75 Å². The zero-order valence-electron chi connectivity index (χ0n) is 16.2. The van der Waals surface area contributed by atoms with Crippen molar-refractivity contribution in [2.75, 3.05) is 33.5 Å². The molecule has 1 saturated heterocycles. The summed E-state index contributed by atoms with van der Waals surface area (Å²) in [4.78, 5) is 6.74. The van der Waals surface area contributed by atoms with Crippen LogP contribution >= 0.6 is 0 Å². The minimum absolute atomic E-state index is 0.218. The quantitative estimate of drug-likeness (QED) is 0.650. The lowest BCUT2D eigenvalue weighted by Crippen LogP contribution is -2.40. The fourth-order valence-corrected chi connectivity index (χ4v) is 4.03. The first-order valence-corrected chi connectivity index (χ1v) is 9.77. The summed E-state index contributed by atoms with van der Waals surface area (Å²) in [5.41, 5.74) is 3.02. The summed E-state index contributed by atoms with van der Waals surface area (Å²) in [7, 11) is 1.81. The van der Waals surface area contributed by atoms with Crippen LogP contribution in [0.3, 0.4) is 0 Å². The van der Waals surface area contributed by atoms with Gasteiger partial charge in [-0.3, -0.25) is 4.99 Å². The Labute approximate surface area is 165 Å². The van der Waals surface area contributed by atoms with Crippen LogP contribution in [-0.2, 0) is 17.8 Å². The van der Waals surface area contributed by atoms with Crippen LogP contribution < -0.4 is 10.1 Å². The molecule has 2 aliphatic heterocycles. The maximum atomic E-state index is 13.9. The molecule has 0 bridgehead atoms. The first kappa shape index (κ1) is 18.7. The molecule has 0 radical (unpaired) electrons. The van der Waals surface area contributed by atoms with Crippen molar-refractivity contribution in [2.45, 2.75) is 25.4 Å². The van der Waals surface area contributed by atoms with Gasteiger partial charge in [0.05, 0.1) is 6.61 Å². The Morgan fingerprint density at radius 3 is 2.96 bits per heavy atom. The average Bonchev–Trinajstić information content (AvgIpc) is 3.21. The van der Waals surface area contributed by atoms with Gasteiger partial charge in [0.15, 0.2) is 12.8 Å². The zero-order valence-corrected chi connectivity index (χ0v) is 16.2. The van der Waals surface area contributed by atoms with Crippen molar-refractivity contribution in [3.05, 3.63) is 65.0 Å². The largest absolute Gasteiger partial charge is 0.467 e. The smallest absolute Gasteiger partial charge is 0.193 e. The number of guanidine groups is 1. The van der Waals surface area contributed by atoms with E-state index in [1.54, 1.807) is 6.07 Å². The van der Waals surface area contributed by atoms with Crippen molar-refractivity contribution >= 4 is 5.96 Å². The summed E-state index contributed by atoms with van der Waals surface area (Å²) in [6.07, 6.45) is 1.78. The summed E-state index contributed by atoms with van der Waals surface area (Å²) in [5.74, 6) is 1.93. The fourth-order valence-electron chi connectivity index (χ4n) is 4.03. The number of ether oxygens (including phenoxy) is 2. The topological polar surface area (TPSA) is 46.1 Å². The Hall–Kier alpha value is -2.60. The van der Waals surface area contributed by atoms with E-state index in [2.05, 4.69) is 45.5 Å². The minimum Gasteiger partial charge on any atom is -0.467 e. The molecule has 2 aliphatic rings. The molecular weight excluding hydrogens is 357 g/mol. The van der Waals surface area contributed by atoms with Crippen molar-refractivity contribution in [1.29, 1.82) is 0 Å².